The van der Waals surface area contributed by atoms with E-state index in [9.17, 15) is 14.7 Å². The van der Waals surface area contributed by atoms with Gasteiger partial charge in [-0.15, -0.1) is 0 Å². The molecule has 6 heteroatoms. The molecule has 3 rings (SSSR count). The standard InChI is InChI=1S/C15H16N2O4/c1-16-5-4-10-11-8-9(15(20)21)2-3-12(11)17(6-7-18)13(10)14(16)19/h2-3,8,18H,4-7H2,1H3,(H,20,21). The van der Waals surface area contributed by atoms with Crippen molar-refractivity contribution in [1.82, 2.24) is 9.47 Å². The minimum Gasteiger partial charge on any atom is -0.478 e. The van der Waals surface area contributed by atoms with Gasteiger partial charge in [0.1, 0.15) is 5.69 Å². The smallest absolute Gasteiger partial charge is 0.335 e. The fourth-order valence-corrected chi connectivity index (χ4v) is 2.95. The van der Waals surface area contributed by atoms with Gasteiger partial charge in [-0.1, -0.05) is 0 Å². The Hall–Kier alpha value is -2.34. The van der Waals surface area contributed by atoms with Gasteiger partial charge in [0.05, 0.1) is 12.2 Å². The molecule has 2 aromatic rings. The number of hydrogen-bond acceptors (Lipinski definition) is 3. The van der Waals surface area contributed by atoms with Crippen LogP contribution in [0.5, 0.6) is 0 Å². The maximum absolute atomic E-state index is 12.4. The number of rotatable bonds is 3. The van der Waals surface area contributed by atoms with Crippen LogP contribution in [0.15, 0.2) is 18.2 Å². The van der Waals surface area contributed by atoms with Crippen LogP contribution in [-0.4, -0.2) is 51.8 Å². The van der Waals surface area contributed by atoms with Crippen LogP contribution in [0.1, 0.15) is 26.4 Å². The molecule has 0 saturated heterocycles. The zero-order chi connectivity index (χ0) is 15.1. The summed E-state index contributed by atoms with van der Waals surface area (Å²) >= 11 is 0. The molecule has 0 aliphatic carbocycles. The number of nitrogens with zero attached hydrogens (tertiary/aromatic N) is 2. The molecule has 1 aliphatic heterocycles. The minimum atomic E-state index is -0.986. The summed E-state index contributed by atoms with van der Waals surface area (Å²) in [5.41, 5.74) is 2.44. The van der Waals surface area contributed by atoms with Gasteiger partial charge in [-0.3, -0.25) is 4.79 Å². The molecule has 2 N–H and O–H groups in total. The van der Waals surface area contributed by atoms with Crippen LogP contribution < -0.4 is 0 Å². The van der Waals surface area contributed by atoms with E-state index in [4.69, 9.17) is 5.11 Å². The lowest BCUT2D eigenvalue weighted by Gasteiger charge is -2.24. The zero-order valence-corrected chi connectivity index (χ0v) is 11.7. The maximum Gasteiger partial charge on any atom is 0.335 e. The molecule has 2 heterocycles. The molecule has 21 heavy (non-hydrogen) atoms. The Labute approximate surface area is 121 Å². The molecule has 0 saturated carbocycles. The van der Waals surface area contributed by atoms with Crippen molar-refractivity contribution < 1.29 is 19.8 Å². The summed E-state index contributed by atoms with van der Waals surface area (Å²) in [5, 5.41) is 19.2. The number of aromatic carboxylic acids is 1. The second kappa shape index (κ2) is 4.89. The second-order valence-corrected chi connectivity index (χ2v) is 5.22. The third-order valence-electron chi connectivity index (χ3n) is 3.99. The van der Waals surface area contributed by atoms with Crippen LogP contribution in [0.4, 0.5) is 0 Å². The first-order chi connectivity index (χ1) is 10.0. The van der Waals surface area contributed by atoms with Gasteiger partial charge in [-0.25, -0.2) is 4.79 Å². The second-order valence-electron chi connectivity index (χ2n) is 5.22. The summed E-state index contributed by atoms with van der Waals surface area (Å²) in [6.07, 6.45) is 0.690. The van der Waals surface area contributed by atoms with Crippen LogP contribution in [-0.2, 0) is 13.0 Å². The van der Waals surface area contributed by atoms with E-state index in [1.54, 1.807) is 28.6 Å². The number of amides is 1. The third-order valence-corrected chi connectivity index (χ3v) is 3.99. The van der Waals surface area contributed by atoms with E-state index < -0.39 is 5.97 Å². The minimum absolute atomic E-state index is 0.0755. The monoisotopic (exact) mass is 288 g/mol. The summed E-state index contributed by atoms with van der Waals surface area (Å²) < 4.78 is 1.79. The first-order valence-electron chi connectivity index (χ1n) is 6.79. The molecule has 0 atom stereocenters. The lowest BCUT2D eigenvalue weighted by Crippen LogP contribution is -2.35. The van der Waals surface area contributed by atoms with Gasteiger partial charge in [0.15, 0.2) is 0 Å². The first-order valence-corrected chi connectivity index (χ1v) is 6.79. The summed E-state index contributed by atoms with van der Waals surface area (Å²) in [6.45, 7) is 0.854. The van der Waals surface area contributed by atoms with E-state index in [0.29, 0.717) is 25.2 Å². The molecule has 0 bridgehead atoms. The van der Waals surface area contributed by atoms with E-state index in [2.05, 4.69) is 0 Å². The van der Waals surface area contributed by atoms with Gasteiger partial charge in [0.2, 0.25) is 0 Å². The van der Waals surface area contributed by atoms with E-state index in [0.717, 1.165) is 16.5 Å². The van der Waals surface area contributed by atoms with Gasteiger partial charge < -0.3 is 19.7 Å². The Kier molecular flexibility index (Phi) is 3.17. The van der Waals surface area contributed by atoms with E-state index in [1.807, 2.05) is 0 Å². The van der Waals surface area contributed by atoms with Crippen molar-refractivity contribution in [3.8, 4) is 0 Å². The Morgan fingerprint density at radius 2 is 2.14 bits per heavy atom. The van der Waals surface area contributed by atoms with E-state index in [-0.39, 0.29) is 18.1 Å². The van der Waals surface area contributed by atoms with Crippen LogP contribution in [0.25, 0.3) is 10.9 Å². The van der Waals surface area contributed by atoms with Gasteiger partial charge in [0, 0.05) is 31.0 Å². The van der Waals surface area contributed by atoms with Crippen LogP contribution in [0.3, 0.4) is 0 Å². The molecule has 0 fully saturated rings. The number of fused-ring (bicyclic) bond motifs is 3. The summed E-state index contributed by atoms with van der Waals surface area (Å²) in [6, 6.07) is 4.85. The largest absolute Gasteiger partial charge is 0.478 e. The fraction of sp³-hybridized carbons (Fsp3) is 0.333. The molecule has 0 unspecified atom stereocenters. The van der Waals surface area contributed by atoms with Crippen molar-refractivity contribution in [3.05, 3.63) is 35.0 Å². The molecule has 1 aliphatic rings. The van der Waals surface area contributed by atoms with Gasteiger partial charge in [-0.05, 0) is 30.2 Å². The molecule has 1 amide bonds. The SMILES string of the molecule is CN1CCc2c(n(CCO)c3ccc(C(=O)O)cc23)C1=O. The molecule has 110 valence electrons. The van der Waals surface area contributed by atoms with Crippen LogP contribution in [0, 0.1) is 0 Å². The Morgan fingerprint density at radius 3 is 2.81 bits per heavy atom. The average Bonchev–Trinajstić information content (AvgIpc) is 2.77. The molecular weight excluding hydrogens is 272 g/mol. The fourth-order valence-electron chi connectivity index (χ4n) is 2.95. The predicted molar refractivity (Wildman–Crippen MR) is 76.6 cm³/mol. The number of benzene rings is 1. The molecule has 1 aromatic carbocycles. The lowest BCUT2D eigenvalue weighted by molar-refractivity contribution is 0.0696. The zero-order valence-electron chi connectivity index (χ0n) is 11.7. The highest BCUT2D eigenvalue weighted by atomic mass is 16.4. The van der Waals surface area contributed by atoms with E-state index in [1.165, 1.54) is 6.07 Å². The molecule has 0 radical (unpaired) electrons. The Morgan fingerprint density at radius 1 is 1.38 bits per heavy atom. The van der Waals surface area contributed by atoms with Crippen molar-refractivity contribution in [2.24, 2.45) is 0 Å². The van der Waals surface area contributed by atoms with Crippen molar-refractivity contribution in [2.45, 2.75) is 13.0 Å². The van der Waals surface area contributed by atoms with Crippen molar-refractivity contribution in [2.75, 3.05) is 20.2 Å². The Bertz CT molecular complexity index is 748. The highest BCUT2D eigenvalue weighted by Gasteiger charge is 2.29. The average molecular weight is 288 g/mol. The summed E-state index contributed by atoms with van der Waals surface area (Å²) in [4.78, 5) is 25.2. The lowest BCUT2D eigenvalue weighted by atomic mass is 10.0. The summed E-state index contributed by atoms with van der Waals surface area (Å²) in [5.74, 6) is -1.07. The number of aliphatic hydroxyl groups is 1. The Balaban J connectivity index is 2.32. The van der Waals surface area contributed by atoms with Gasteiger partial charge in [0.25, 0.3) is 5.91 Å². The number of carbonyl (C=O) groups excluding carboxylic acids is 1. The molecule has 0 spiro atoms. The molecule has 1 aromatic heterocycles. The number of likely N-dealkylation sites (N-methyl/N-ethyl adjacent to an activating group) is 1. The van der Waals surface area contributed by atoms with Crippen LogP contribution >= 0.6 is 0 Å². The number of carboxylic acid groups (broad SMARTS) is 1. The first kappa shape index (κ1) is 13.6. The molecule has 6 nitrogen and oxygen atoms in total. The number of aromatic nitrogens is 1. The van der Waals surface area contributed by atoms with Gasteiger partial charge in [-0.2, -0.15) is 0 Å². The highest BCUT2D eigenvalue weighted by Crippen LogP contribution is 2.31. The summed E-state index contributed by atoms with van der Waals surface area (Å²) in [7, 11) is 1.74. The maximum atomic E-state index is 12.4. The van der Waals surface area contributed by atoms with Crippen molar-refractivity contribution >= 4 is 22.8 Å². The van der Waals surface area contributed by atoms with E-state index >= 15 is 0 Å². The molecular formula is C15H16N2O4. The number of carbonyl (C=O) groups is 2. The highest BCUT2D eigenvalue weighted by molar-refractivity contribution is 6.04. The van der Waals surface area contributed by atoms with Crippen LogP contribution in [0.2, 0.25) is 0 Å². The van der Waals surface area contributed by atoms with Crippen molar-refractivity contribution in [3.63, 3.8) is 0 Å². The van der Waals surface area contributed by atoms with Gasteiger partial charge >= 0.3 is 5.97 Å². The topological polar surface area (TPSA) is 82.8 Å². The predicted octanol–water partition coefficient (Wildman–Crippen LogP) is 0.960. The third kappa shape index (κ3) is 1.99. The van der Waals surface area contributed by atoms with Crippen molar-refractivity contribution in [1.29, 1.82) is 0 Å². The number of hydrogen-bond donors (Lipinski definition) is 2. The quantitative estimate of drug-likeness (QED) is 0.881. The number of carboxylic acids is 1. The number of aliphatic hydroxyl groups excluding tert-OH is 1. The normalized spacial score (nSPS) is 14.6.